The average Bonchev–Trinajstić information content (AvgIpc) is 3.27. The molecule has 0 radical (unpaired) electrons. The van der Waals surface area contributed by atoms with E-state index in [1.165, 1.54) is 43.0 Å². The molecule has 2 amide bonds. The summed E-state index contributed by atoms with van der Waals surface area (Å²) in [6.45, 7) is 13.1. The summed E-state index contributed by atoms with van der Waals surface area (Å²) in [6.07, 6.45) is 10.9. The maximum absolute atomic E-state index is 13.5. The van der Waals surface area contributed by atoms with Crippen LogP contribution in [0, 0.1) is 35.0 Å². The van der Waals surface area contributed by atoms with Crippen LogP contribution in [-0.2, 0) is 14.3 Å². The average molecular weight is 573 g/mol. The largest absolute Gasteiger partial charge is 0.480 e. The van der Waals surface area contributed by atoms with Gasteiger partial charge in [-0.3, -0.25) is 9.59 Å². The Morgan fingerprint density at radius 2 is 1.66 bits per heavy atom. The summed E-state index contributed by atoms with van der Waals surface area (Å²) in [5.41, 5.74) is -1.25. The van der Waals surface area contributed by atoms with Gasteiger partial charge in [-0.1, -0.05) is 19.9 Å². The van der Waals surface area contributed by atoms with Crippen molar-refractivity contribution in [2.45, 2.75) is 98.3 Å². The Morgan fingerprint density at radius 3 is 2.20 bits per heavy atom. The first-order chi connectivity index (χ1) is 19.1. The molecule has 41 heavy (non-hydrogen) atoms. The minimum atomic E-state index is -1.19. The van der Waals surface area contributed by atoms with Crippen LogP contribution in [0.15, 0.2) is 12.3 Å². The number of rotatable bonds is 12. The van der Waals surface area contributed by atoms with E-state index in [4.69, 9.17) is 9.47 Å². The van der Waals surface area contributed by atoms with Crippen molar-refractivity contribution in [2.75, 3.05) is 13.2 Å². The molecule has 0 aliphatic heterocycles. The van der Waals surface area contributed by atoms with Gasteiger partial charge in [0.15, 0.2) is 6.04 Å². The van der Waals surface area contributed by atoms with Gasteiger partial charge in [0, 0.05) is 12.2 Å². The second-order valence-corrected chi connectivity index (χ2v) is 14.3. The second kappa shape index (κ2) is 12.2. The summed E-state index contributed by atoms with van der Waals surface area (Å²) in [6, 6.07) is -0.997. The van der Waals surface area contributed by atoms with Gasteiger partial charge in [0.1, 0.15) is 5.56 Å². The monoisotopic (exact) mass is 572 g/mol. The lowest BCUT2D eigenvalue weighted by Gasteiger charge is -2.54. The SMILES string of the molecule is CC(C)COc1c(C(=O)NC2C3CC4CC(C3)CC2C4)cnn1/C=C/C(C)(C)C(=O)N[C@@H](COC(C)(C)C)C(=O)O. The van der Waals surface area contributed by atoms with Gasteiger partial charge < -0.3 is 25.2 Å². The zero-order chi connectivity index (χ0) is 30.1. The third kappa shape index (κ3) is 7.70. The summed E-state index contributed by atoms with van der Waals surface area (Å²) in [5, 5.41) is 19.9. The van der Waals surface area contributed by atoms with Crippen molar-refractivity contribution in [3.05, 3.63) is 17.8 Å². The molecule has 4 bridgehead atoms. The highest BCUT2D eigenvalue weighted by Gasteiger charge is 2.48. The molecule has 1 atom stereocenters. The number of carboxylic acids is 1. The number of ether oxygens (including phenoxy) is 2. The van der Waals surface area contributed by atoms with E-state index in [-0.39, 0.29) is 24.5 Å². The molecule has 0 unspecified atom stereocenters. The molecule has 228 valence electrons. The summed E-state index contributed by atoms with van der Waals surface area (Å²) in [5.74, 6) is 1.47. The fourth-order valence-corrected chi connectivity index (χ4v) is 6.58. The van der Waals surface area contributed by atoms with Gasteiger partial charge in [-0.05, 0) is 96.3 Å². The standard InChI is InChI=1S/C31H48N4O6/c1-18(2)16-40-27-23(26(36)34-25-21-11-19-10-20(13-21)14-22(25)12-19)15-32-35(27)9-8-31(6,7)29(39)33-24(28(37)38)17-41-30(3,4)5/h8-9,15,18-22,24-25H,10-14,16-17H2,1-7H3,(H,33,39)(H,34,36)(H,37,38)/b9-8+/t19?,20?,21?,22?,24-,25?/m0/s1. The van der Waals surface area contributed by atoms with E-state index in [1.807, 2.05) is 34.6 Å². The first-order valence-electron chi connectivity index (χ1n) is 15.0. The number of carboxylic acid groups (broad SMARTS) is 1. The maximum Gasteiger partial charge on any atom is 0.328 e. The first-order valence-corrected chi connectivity index (χ1v) is 15.0. The number of amides is 2. The molecule has 4 saturated carbocycles. The smallest absolute Gasteiger partial charge is 0.328 e. The topological polar surface area (TPSA) is 132 Å². The maximum atomic E-state index is 13.5. The summed E-state index contributed by atoms with van der Waals surface area (Å²) in [4.78, 5) is 38.4. The number of aliphatic carboxylic acids is 1. The zero-order valence-electron chi connectivity index (χ0n) is 25.6. The van der Waals surface area contributed by atoms with E-state index in [0.29, 0.717) is 29.9 Å². The van der Waals surface area contributed by atoms with E-state index in [9.17, 15) is 19.5 Å². The van der Waals surface area contributed by atoms with E-state index in [0.717, 1.165) is 11.8 Å². The fraction of sp³-hybridized carbons (Fsp3) is 0.742. The van der Waals surface area contributed by atoms with Crippen LogP contribution >= 0.6 is 0 Å². The molecule has 5 rings (SSSR count). The minimum absolute atomic E-state index is 0.154. The number of carbonyl (C=O) groups excluding carboxylic acids is 2. The van der Waals surface area contributed by atoms with Gasteiger partial charge in [-0.2, -0.15) is 5.10 Å². The van der Waals surface area contributed by atoms with Crippen molar-refractivity contribution in [3.8, 4) is 5.88 Å². The van der Waals surface area contributed by atoms with Crippen molar-refractivity contribution in [1.82, 2.24) is 20.4 Å². The predicted octanol–water partition coefficient (Wildman–Crippen LogP) is 4.35. The molecular formula is C31H48N4O6. The van der Waals surface area contributed by atoms with E-state index in [1.54, 1.807) is 26.1 Å². The van der Waals surface area contributed by atoms with E-state index < -0.39 is 28.9 Å². The van der Waals surface area contributed by atoms with Gasteiger partial charge in [-0.25, -0.2) is 9.48 Å². The Labute approximate surface area is 243 Å². The van der Waals surface area contributed by atoms with Crippen LogP contribution in [0.2, 0.25) is 0 Å². The third-order valence-corrected chi connectivity index (χ3v) is 8.58. The predicted molar refractivity (Wildman–Crippen MR) is 155 cm³/mol. The molecule has 4 aliphatic carbocycles. The van der Waals surface area contributed by atoms with Gasteiger partial charge in [0.25, 0.3) is 5.91 Å². The van der Waals surface area contributed by atoms with Crippen molar-refractivity contribution >= 4 is 24.0 Å². The normalized spacial score (nSPS) is 26.4. The van der Waals surface area contributed by atoms with Crippen molar-refractivity contribution < 1.29 is 29.0 Å². The molecule has 10 heteroatoms. The Morgan fingerprint density at radius 1 is 1.05 bits per heavy atom. The highest BCUT2D eigenvalue weighted by atomic mass is 16.5. The van der Waals surface area contributed by atoms with Crippen LogP contribution < -0.4 is 15.4 Å². The van der Waals surface area contributed by atoms with Crippen LogP contribution in [0.5, 0.6) is 5.88 Å². The third-order valence-electron chi connectivity index (χ3n) is 8.58. The van der Waals surface area contributed by atoms with Crippen molar-refractivity contribution in [2.24, 2.45) is 35.0 Å². The van der Waals surface area contributed by atoms with Crippen LogP contribution in [0.25, 0.3) is 6.20 Å². The molecule has 4 fully saturated rings. The second-order valence-electron chi connectivity index (χ2n) is 14.3. The van der Waals surface area contributed by atoms with E-state index >= 15 is 0 Å². The van der Waals surface area contributed by atoms with E-state index in [2.05, 4.69) is 15.7 Å². The number of carbonyl (C=O) groups is 3. The Balaban J connectivity index is 1.47. The van der Waals surface area contributed by atoms with Gasteiger partial charge >= 0.3 is 5.97 Å². The van der Waals surface area contributed by atoms with Gasteiger partial charge in [0.2, 0.25) is 11.8 Å². The van der Waals surface area contributed by atoms with Crippen LogP contribution in [0.4, 0.5) is 0 Å². The molecule has 0 saturated heterocycles. The summed E-state index contributed by atoms with van der Waals surface area (Å²) in [7, 11) is 0. The summed E-state index contributed by atoms with van der Waals surface area (Å²) < 4.78 is 13.1. The van der Waals surface area contributed by atoms with Gasteiger partial charge in [-0.15, -0.1) is 0 Å². The lowest BCUT2D eigenvalue weighted by molar-refractivity contribution is -0.146. The van der Waals surface area contributed by atoms with Gasteiger partial charge in [0.05, 0.1) is 30.4 Å². The molecule has 10 nitrogen and oxygen atoms in total. The molecule has 0 spiro atoms. The highest BCUT2D eigenvalue weighted by Crippen LogP contribution is 2.53. The number of aromatic nitrogens is 2. The minimum Gasteiger partial charge on any atom is -0.480 e. The van der Waals surface area contributed by atoms with Crippen LogP contribution in [0.3, 0.4) is 0 Å². The Hall–Kier alpha value is -2.88. The fourth-order valence-electron chi connectivity index (χ4n) is 6.58. The van der Waals surface area contributed by atoms with Crippen LogP contribution in [-0.4, -0.2) is 63.6 Å². The number of hydrogen-bond donors (Lipinski definition) is 3. The molecule has 4 aliphatic rings. The zero-order valence-corrected chi connectivity index (χ0v) is 25.6. The van der Waals surface area contributed by atoms with Crippen molar-refractivity contribution in [3.63, 3.8) is 0 Å². The molecule has 1 heterocycles. The molecule has 1 aromatic rings. The summed E-state index contributed by atoms with van der Waals surface area (Å²) >= 11 is 0. The Bertz CT molecular complexity index is 1120. The number of hydrogen-bond acceptors (Lipinski definition) is 6. The highest BCUT2D eigenvalue weighted by molar-refractivity contribution is 5.96. The van der Waals surface area contributed by atoms with Crippen molar-refractivity contribution in [1.29, 1.82) is 0 Å². The number of nitrogens with zero attached hydrogens (tertiary/aromatic N) is 2. The molecular weight excluding hydrogens is 524 g/mol. The lowest BCUT2D eigenvalue weighted by Crippen LogP contribution is -2.55. The Kier molecular flexibility index (Phi) is 9.21. The first kappa shape index (κ1) is 31.1. The molecule has 1 aromatic heterocycles. The number of nitrogens with one attached hydrogen (secondary N) is 2. The molecule has 0 aromatic carbocycles. The lowest BCUT2D eigenvalue weighted by atomic mass is 9.54. The quantitative estimate of drug-likeness (QED) is 0.339. The van der Waals surface area contributed by atoms with Crippen LogP contribution in [0.1, 0.15) is 90.9 Å². The molecule has 3 N–H and O–H groups in total.